The van der Waals surface area contributed by atoms with Crippen LogP contribution in [0, 0.1) is 0 Å². The van der Waals surface area contributed by atoms with E-state index in [9.17, 15) is 0 Å². The molecule has 1 aliphatic heterocycles. The van der Waals surface area contributed by atoms with Crippen molar-refractivity contribution < 1.29 is 4.74 Å². The van der Waals surface area contributed by atoms with Crippen LogP contribution in [0.25, 0.3) is 6.08 Å². The molecule has 0 saturated carbocycles. The molecule has 0 fully saturated rings. The first kappa shape index (κ1) is 18.9. The van der Waals surface area contributed by atoms with Gasteiger partial charge in [0.1, 0.15) is 11.5 Å². The summed E-state index contributed by atoms with van der Waals surface area (Å²) in [4.78, 5) is 11.7. The normalized spacial score (nSPS) is 22.4. The molecule has 0 saturated heterocycles. The van der Waals surface area contributed by atoms with E-state index in [0.29, 0.717) is 5.92 Å². The van der Waals surface area contributed by atoms with Crippen LogP contribution in [0.3, 0.4) is 0 Å². The second-order valence-electron chi connectivity index (χ2n) is 8.05. The molecule has 1 aliphatic carbocycles. The SMILES string of the molecule is COC1=CC(c2ccc[nH]2)=NC1=Cc1[nH]c2cc1C(C)CCCCCCCC2. The second kappa shape index (κ2) is 8.68. The zero-order chi connectivity index (χ0) is 19.3. The number of aromatic amines is 2. The number of H-pyrrole nitrogens is 2. The highest BCUT2D eigenvalue weighted by molar-refractivity contribution is 6.11. The van der Waals surface area contributed by atoms with E-state index in [1.807, 2.05) is 24.4 Å². The highest BCUT2D eigenvalue weighted by atomic mass is 16.5. The molecule has 28 heavy (non-hydrogen) atoms. The maximum absolute atomic E-state index is 5.62. The van der Waals surface area contributed by atoms with E-state index in [-0.39, 0.29) is 0 Å². The van der Waals surface area contributed by atoms with Gasteiger partial charge >= 0.3 is 0 Å². The number of aromatic nitrogens is 2. The topological polar surface area (TPSA) is 53.2 Å². The molecular formula is C24H31N3O. The Morgan fingerprint density at radius 3 is 2.75 bits per heavy atom. The molecule has 2 N–H and O–H groups in total. The first-order chi connectivity index (χ1) is 13.7. The maximum atomic E-state index is 5.62. The van der Waals surface area contributed by atoms with Crippen LogP contribution in [0.5, 0.6) is 0 Å². The molecule has 148 valence electrons. The summed E-state index contributed by atoms with van der Waals surface area (Å²) in [7, 11) is 1.71. The van der Waals surface area contributed by atoms with E-state index in [2.05, 4.69) is 29.0 Å². The summed E-state index contributed by atoms with van der Waals surface area (Å²) in [6, 6.07) is 6.41. The van der Waals surface area contributed by atoms with Gasteiger partial charge in [0.2, 0.25) is 0 Å². The van der Waals surface area contributed by atoms with Crippen LogP contribution in [0.1, 0.15) is 80.4 Å². The van der Waals surface area contributed by atoms with E-state index < -0.39 is 0 Å². The van der Waals surface area contributed by atoms with Gasteiger partial charge in [-0.1, -0.05) is 39.0 Å². The molecule has 1 atom stereocenters. The van der Waals surface area contributed by atoms with Gasteiger partial charge < -0.3 is 14.7 Å². The predicted molar refractivity (Wildman–Crippen MR) is 116 cm³/mol. The number of nitrogens with one attached hydrogen (secondary N) is 2. The standard InChI is InChI=1S/C24H31N3O/c1-17-10-7-5-3-4-6-8-11-18-14-19(17)21(26-18)15-23-24(28-2)16-22(27-23)20-12-9-13-25-20/h9,12-17,25-26H,3-8,10-11H2,1-2H3. The van der Waals surface area contributed by atoms with Crippen molar-refractivity contribution in [1.82, 2.24) is 9.97 Å². The zero-order valence-electron chi connectivity index (χ0n) is 17.1. The van der Waals surface area contributed by atoms with Crippen LogP contribution in [-0.4, -0.2) is 22.8 Å². The lowest BCUT2D eigenvalue weighted by Crippen LogP contribution is -1.96. The van der Waals surface area contributed by atoms with E-state index in [1.165, 1.54) is 61.9 Å². The number of hydrogen-bond donors (Lipinski definition) is 2. The van der Waals surface area contributed by atoms with E-state index in [1.54, 1.807) is 7.11 Å². The molecule has 2 aliphatic rings. The molecule has 1 unspecified atom stereocenters. The van der Waals surface area contributed by atoms with Gasteiger partial charge in [-0.05, 0) is 55.0 Å². The summed E-state index contributed by atoms with van der Waals surface area (Å²) >= 11 is 0. The number of rotatable bonds is 3. The Kier molecular flexibility index (Phi) is 5.84. The third-order valence-corrected chi connectivity index (χ3v) is 5.94. The maximum Gasteiger partial charge on any atom is 0.146 e. The number of allylic oxidation sites excluding steroid dienone is 1. The molecule has 3 heterocycles. The molecule has 0 spiro atoms. The smallest absolute Gasteiger partial charge is 0.146 e. The van der Waals surface area contributed by atoms with Crippen molar-refractivity contribution in [3.8, 4) is 0 Å². The molecular weight excluding hydrogens is 346 g/mol. The Morgan fingerprint density at radius 1 is 1.14 bits per heavy atom. The minimum Gasteiger partial charge on any atom is -0.494 e. The largest absolute Gasteiger partial charge is 0.494 e. The molecule has 4 heteroatoms. The van der Waals surface area contributed by atoms with Crippen molar-refractivity contribution >= 4 is 11.8 Å². The summed E-state index contributed by atoms with van der Waals surface area (Å²) in [5.74, 6) is 1.37. The van der Waals surface area contributed by atoms with Gasteiger partial charge in [0.15, 0.2) is 0 Å². The lowest BCUT2D eigenvalue weighted by Gasteiger charge is -2.12. The fourth-order valence-electron chi connectivity index (χ4n) is 4.28. The van der Waals surface area contributed by atoms with Gasteiger partial charge in [0, 0.05) is 23.7 Å². The number of nitrogens with zero attached hydrogens (tertiary/aromatic N) is 1. The average Bonchev–Trinajstić information content (AvgIpc) is 3.42. The lowest BCUT2D eigenvalue weighted by atomic mass is 9.93. The fraction of sp³-hybridized carbons (Fsp3) is 0.458. The quantitative estimate of drug-likeness (QED) is 0.666. The first-order valence-corrected chi connectivity index (χ1v) is 10.7. The Labute approximate surface area is 167 Å². The van der Waals surface area contributed by atoms with Crippen molar-refractivity contribution in [2.24, 2.45) is 4.99 Å². The summed E-state index contributed by atoms with van der Waals surface area (Å²) in [6.45, 7) is 2.36. The minimum absolute atomic E-state index is 0.555. The van der Waals surface area contributed by atoms with Crippen molar-refractivity contribution in [2.45, 2.75) is 64.2 Å². The van der Waals surface area contributed by atoms with Crippen molar-refractivity contribution in [2.75, 3.05) is 7.11 Å². The minimum atomic E-state index is 0.555. The molecule has 2 aromatic heterocycles. The monoisotopic (exact) mass is 377 g/mol. The van der Waals surface area contributed by atoms with Crippen LogP contribution in [0.2, 0.25) is 0 Å². The Bertz CT molecular complexity index is 883. The number of aryl methyl sites for hydroxylation is 1. The van der Waals surface area contributed by atoms with Crippen molar-refractivity contribution in [1.29, 1.82) is 0 Å². The third-order valence-electron chi connectivity index (χ3n) is 5.94. The van der Waals surface area contributed by atoms with Gasteiger partial charge in [-0.25, -0.2) is 4.99 Å². The van der Waals surface area contributed by atoms with Gasteiger partial charge in [-0.3, -0.25) is 0 Å². The van der Waals surface area contributed by atoms with Gasteiger partial charge in [-0.2, -0.15) is 0 Å². The summed E-state index contributed by atoms with van der Waals surface area (Å²) in [6.07, 6.45) is 16.5. The lowest BCUT2D eigenvalue weighted by molar-refractivity contribution is 0.303. The molecule has 2 bridgehead atoms. The Morgan fingerprint density at radius 2 is 1.96 bits per heavy atom. The Hall–Kier alpha value is -2.49. The molecule has 4 rings (SSSR count). The van der Waals surface area contributed by atoms with Crippen LogP contribution < -0.4 is 0 Å². The summed E-state index contributed by atoms with van der Waals surface area (Å²) in [5.41, 5.74) is 6.78. The first-order valence-electron chi connectivity index (χ1n) is 10.7. The molecule has 4 nitrogen and oxygen atoms in total. The summed E-state index contributed by atoms with van der Waals surface area (Å²) in [5, 5.41) is 0. The zero-order valence-corrected chi connectivity index (χ0v) is 17.1. The van der Waals surface area contributed by atoms with E-state index in [0.717, 1.165) is 29.3 Å². The van der Waals surface area contributed by atoms with Crippen LogP contribution in [0.15, 0.2) is 46.9 Å². The molecule has 0 amide bonds. The molecule has 2 aromatic rings. The summed E-state index contributed by atoms with van der Waals surface area (Å²) < 4.78 is 5.62. The predicted octanol–water partition coefficient (Wildman–Crippen LogP) is 6.11. The van der Waals surface area contributed by atoms with Gasteiger partial charge in [-0.15, -0.1) is 0 Å². The van der Waals surface area contributed by atoms with Crippen LogP contribution >= 0.6 is 0 Å². The molecule has 0 aromatic carbocycles. The van der Waals surface area contributed by atoms with Crippen LogP contribution in [-0.2, 0) is 11.2 Å². The van der Waals surface area contributed by atoms with E-state index >= 15 is 0 Å². The van der Waals surface area contributed by atoms with Gasteiger partial charge in [0.05, 0.1) is 18.5 Å². The second-order valence-corrected chi connectivity index (χ2v) is 8.05. The van der Waals surface area contributed by atoms with Crippen LogP contribution in [0.4, 0.5) is 0 Å². The van der Waals surface area contributed by atoms with Crippen molar-refractivity contribution in [3.05, 3.63) is 64.6 Å². The van der Waals surface area contributed by atoms with Crippen molar-refractivity contribution in [3.63, 3.8) is 0 Å². The number of aliphatic imine (C=N–C) groups is 1. The number of hydrogen-bond acceptors (Lipinski definition) is 2. The Balaban J connectivity index is 1.67. The highest BCUT2D eigenvalue weighted by Crippen LogP contribution is 2.31. The van der Waals surface area contributed by atoms with E-state index in [4.69, 9.17) is 9.73 Å². The highest BCUT2D eigenvalue weighted by Gasteiger charge is 2.20. The van der Waals surface area contributed by atoms with Gasteiger partial charge in [0.25, 0.3) is 0 Å². The molecule has 0 radical (unpaired) electrons. The number of fused-ring (bicyclic) bond motifs is 2. The average molecular weight is 378 g/mol. The third kappa shape index (κ3) is 4.16. The number of ether oxygens (including phenoxy) is 1. The fourth-order valence-corrected chi connectivity index (χ4v) is 4.28. The number of methoxy groups -OCH3 is 1.